The van der Waals surface area contributed by atoms with Gasteiger partial charge in [-0.15, -0.1) is 0 Å². The second-order valence-electron chi connectivity index (χ2n) is 5.61. The molecule has 12 heteroatoms. The summed E-state index contributed by atoms with van der Waals surface area (Å²) in [5.41, 5.74) is 0. The van der Waals surface area contributed by atoms with Crippen molar-refractivity contribution in [3.63, 3.8) is 0 Å². The van der Waals surface area contributed by atoms with Crippen LogP contribution in [-0.4, -0.2) is 115 Å². The fraction of sp³-hybridized carbons (Fsp3) is 0.917. The minimum Gasteiger partial charge on any atom is -0.479 e. The molecule has 10 atom stereocenters. The molecule has 0 aromatic rings. The highest BCUT2D eigenvalue weighted by atomic mass is 16.7. The third kappa shape index (κ3) is 3.67. The average Bonchev–Trinajstić information content (AvgIpc) is 2.54. The fourth-order valence-corrected chi connectivity index (χ4v) is 2.45. The molecule has 2 aliphatic rings. The molecule has 24 heavy (non-hydrogen) atoms. The Hall–Kier alpha value is -0.930. The van der Waals surface area contributed by atoms with E-state index in [1.54, 1.807) is 0 Å². The Morgan fingerprint density at radius 2 is 1.38 bits per heavy atom. The predicted octanol–water partition coefficient (Wildman–Crippen LogP) is -5.30. The molecule has 0 radical (unpaired) electrons. The van der Waals surface area contributed by atoms with Crippen LogP contribution in [-0.2, 0) is 19.0 Å². The van der Waals surface area contributed by atoms with E-state index in [1.165, 1.54) is 0 Å². The van der Waals surface area contributed by atoms with Crippen molar-refractivity contribution >= 4 is 5.97 Å². The largest absolute Gasteiger partial charge is 0.479 e. The molecule has 0 saturated carbocycles. The highest BCUT2D eigenvalue weighted by Gasteiger charge is 2.49. The van der Waals surface area contributed by atoms with Gasteiger partial charge in [0.25, 0.3) is 0 Å². The summed E-state index contributed by atoms with van der Waals surface area (Å²) in [5, 5.41) is 75.8. The van der Waals surface area contributed by atoms with Gasteiger partial charge < -0.3 is 55.1 Å². The van der Waals surface area contributed by atoms with Gasteiger partial charge in [0.2, 0.25) is 0 Å². The molecule has 8 N–H and O–H groups in total. The maximum atomic E-state index is 11.0. The fourth-order valence-electron chi connectivity index (χ4n) is 2.45. The first-order valence-corrected chi connectivity index (χ1v) is 7.07. The summed E-state index contributed by atoms with van der Waals surface area (Å²) in [7, 11) is 0. The molecular weight excluding hydrogens is 336 g/mol. The van der Waals surface area contributed by atoms with Gasteiger partial charge in [0, 0.05) is 0 Å². The predicted molar refractivity (Wildman–Crippen MR) is 69.2 cm³/mol. The van der Waals surface area contributed by atoms with Crippen LogP contribution >= 0.6 is 0 Å². The lowest BCUT2D eigenvalue weighted by Gasteiger charge is -2.41. The molecule has 2 rings (SSSR count). The number of aliphatic hydroxyl groups is 7. The summed E-state index contributed by atoms with van der Waals surface area (Å²) in [6, 6.07) is 0. The van der Waals surface area contributed by atoms with Crippen molar-refractivity contribution < 1.29 is 59.9 Å². The van der Waals surface area contributed by atoms with Crippen LogP contribution in [0, 0.1) is 0 Å². The Labute approximate surface area is 135 Å². The molecule has 140 valence electrons. The number of aliphatic carboxylic acids is 1. The van der Waals surface area contributed by atoms with Gasteiger partial charge in [0.05, 0.1) is 6.61 Å². The van der Waals surface area contributed by atoms with E-state index < -0.39 is 74.0 Å². The van der Waals surface area contributed by atoms with Gasteiger partial charge in [0.15, 0.2) is 18.7 Å². The molecule has 2 heterocycles. The molecule has 0 spiro atoms. The van der Waals surface area contributed by atoms with Gasteiger partial charge >= 0.3 is 5.97 Å². The second-order valence-corrected chi connectivity index (χ2v) is 5.61. The van der Waals surface area contributed by atoms with Crippen molar-refractivity contribution in [1.82, 2.24) is 0 Å². The molecule has 0 aromatic carbocycles. The summed E-state index contributed by atoms with van der Waals surface area (Å²) in [4.78, 5) is 11.0. The van der Waals surface area contributed by atoms with Crippen LogP contribution in [0.25, 0.3) is 0 Å². The first-order valence-electron chi connectivity index (χ1n) is 7.07. The van der Waals surface area contributed by atoms with E-state index in [1.807, 2.05) is 0 Å². The lowest BCUT2D eigenvalue weighted by molar-refractivity contribution is -0.321. The highest BCUT2D eigenvalue weighted by Crippen LogP contribution is 2.25. The number of carboxylic acids is 1. The van der Waals surface area contributed by atoms with E-state index in [9.17, 15) is 40.5 Å². The number of hydrogen-bond acceptors (Lipinski definition) is 11. The summed E-state index contributed by atoms with van der Waals surface area (Å²) in [5.74, 6) is -1.59. The molecule has 0 bridgehead atoms. The van der Waals surface area contributed by atoms with Gasteiger partial charge in [-0.1, -0.05) is 0 Å². The van der Waals surface area contributed by atoms with Crippen molar-refractivity contribution in [2.75, 3.05) is 6.61 Å². The molecule has 0 amide bonds. The number of carboxylic acid groups (broad SMARTS) is 1. The third-order valence-electron chi connectivity index (χ3n) is 3.92. The Kier molecular flexibility index (Phi) is 6.09. The molecule has 4 unspecified atom stereocenters. The quantitative estimate of drug-likeness (QED) is 0.238. The minimum absolute atomic E-state index is 0.584. The van der Waals surface area contributed by atoms with Gasteiger partial charge in [-0.25, -0.2) is 4.79 Å². The Bertz CT molecular complexity index is 446. The zero-order chi connectivity index (χ0) is 18.2. The zero-order valence-corrected chi connectivity index (χ0v) is 12.2. The van der Waals surface area contributed by atoms with Crippen LogP contribution in [0.15, 0.2) is 0 Å². The summed E-state index contributed by atoms with van der Waals surface area (Å²) in [6.07, 6.45) is -17.3. The smallest absolute Gasteiger partial charge is 0.335 e. The third-order valence-corrected chi connectivity index (χ3v) is 3.92. The van der Waals surface area contributed by atoms with Crippen molar-refractivity contribution in [2.45, 2.75) is 61.4 Å². The van der Waals surface area contributed by atoms with Crippen LogP contribution in [0.5, 0.6) is 0 Å². The number of hydrogen-bond donors (Lipinski definition) is 8. The van der Waals surface area contributed by atoms with Gasteiger partial charge in [0.1, 0.15) is 42.7 Å². The highest BCUT2D eigenvalue weighted by molar-refractivity contribution is 5.73. The van der Waals surface area contributed by atoms with Gasteiger partial charge in [-0.2, -0.15) is 0 Å². The first kappa shape index (κ1) is 19.4. The Morgan fingerprint density at radius 3 is 1.96 bits per heavy atom. The Morgan fingerprint density at radius 1 is 0.792 bits per heavy atom. The van der Waals surface area contributed by atoms with Crippen LogP contribution in [0.2, 0.25) is 0 Å². The second kappa shape index (κ2) is 7.53. The number of carbonyl (C=O) groups is 1. The lowest BCUT2D eigenvalue weighted by atomic mass is 9.98. The number of rotatable bonds is 4. The zero-order valence-electron chi connectivity index (χ0n) is 12.2. The lowest BCUT2D eigenvalue weighted by Crippen LogP contribution is -2.62. The van der Waals surface area contributed by atoms with E-state index in [2.05, 4.69) is 0 Å². The SMILES string of the molecule is O=C(O)C1O[C@H](OCC2O[C@H](O)C(O)[C@@H](O)[C@@H]2O)C(O)[C@@H](O)[C@@H]1O. The standard InChI is InChI=1S/C12H20O12/c13-3-2(23-11(21)7(17)4(3)14)1-22-12-8(18)5(15)6(16)9(24-12)10(19)20/h2-9,11-18,21H,1H2,(H,19,20)/t2?,3-,4+,5+,6+,7?,8?,9?,11+,12+/m1/s1. The molecule has 2 fully saturated rings. The molecule has 12 nitrogen and oxygen atoms in total. The number of aliphatic hydroxyl groups excluding tert-OH is 7. The van der Waals surface area contributed by atoms with E-state index in [4.69, 9.17) is 19.3 Å². The van der Waals surface area contributed by atoms with Crippen molar-refractivity contribution in [3.8, 4) is 0 Å². The van der Waals surface area contributed by atoms with Crippen LogP contribution in [0.3, 0.4) is 0 Å². The van der Waals surface area contributed by atoms with Crippen LogP contribution in [0.4, 0.5) is 0 Å². The molecule has 0 aromatic heterocycles. The first-order chi connectivity index (χ1) is 11.1. The normalized spacial score (nSPS) is 49.8. The van der Waals surface area contributed by atoms with E-state index >= 15 is 0 Å². The molecule has 0 aliphatic carbocycles. The van der Waals surface area contributed by atoms with E-state index in [-0.39, 0.29) is 0 Å². The summed E-state index contributed by atoms with van der Waals surface area (Å²) >= 11 is 0. The van der Waals surface area contributed by atoms with Crippen molar-refractivity contribution in [3.05, 3.63) is 0 Å². The summed E-state index contributed by atoms with van der Waals surface area (Å²) in [6.45, 7) is -0.584. The minimum atomic E-state index is -1.88. The topological polar surface area (TPSA) is 207 Å². The van der Waals surface area contributed by atoms with Crippen molar-refractivity contribution in [1.29, 1.82) is 0 Å². The van der Waals surface area contributed by atoms with Crippen LogP contribution < -0.4 is 0 Å². The van der Waals surface area contributed by atoms with Crippen LogP contribution in [0.1, 0.15) is 0 Å². The maximum Gasteiger partial charge on any atom is 0.335 e. The molecule has 2 aliphatic heterocycles. The Balaban J connectivity index is 1.98. The molecular formula is C12H20O12. The van der Waals surface area contributed by atoms with E-state index in [0.717, 1.165) is 0 Å². The van der Waals surface area contributed by atoms with E-state index in [0.29, 0.717) is 0 Å². The number of ether oxygens (including phenoxy) is 3. The monoisotopic (exact) mass is 356 g/mol. The van der Waals surface area contributed by atoms with Gasteiger partial charge in [-0.3, -0.25) is 0 Å². The van der Waals surface area contributed by atoms with Gasteiger partial charge in [-0.05, 0) is 0 Å². The maximum absolute atomic E-state index is 11.0. The molecule has 2 saturated heterocycles. The average molecular weight is 356 g/mol. The van der Waals surface area contributed by atoms with Crippen molar-refractivity contribution in [2.24, 2.45) is 0 Å². The summed E-state index contributed by atoms with van der Waals surface area (Å²) < 4.78 is 14.7.